The van der Waals surface area contributed by atoms with Gasteiger partial charge in [0, 0.05) is 19.5 Å². The molecule has 0 aliphatic carbocycles. The average Bonchev–Trinajstić information content (AvgIpc) is 2.54. The lowest BCUT2D eigenvalue weighted by molar-refractivity contribution is -0.118. The Bertz CT molecular complexity index is 430. The van der Waals surface area contributed by atoms with Crippen LogP contribution in [-0.2, 0) is 4.79 Å². The quantitative estimate of drug-likeness (QED) is 0.908. The number of nitrogen functional groups attached to an aromatic ring is 1. The molecule has 0 bridgehead atoms. The lowest BCUT2D eigenvalue weighted by Gasteiger charge is -2.22. The van der Waals surface area contributed by atoms with Gasteiger partial charge >= 0.3 is 0 Å². The minimum atomic E-state index is 0.305. The number of anilines is 2. The van der Waals surface area contributed by atoms with Crippen molar-refractivity contribution in [3.05, 3.63) is 18.3 Å². The van der Waals surface area contributed by atoms with Crippen LogP contribution < -0.4 is 10.6 Å². The molecule has 1 aromatic heterocycles. The van der Waals surface area contributed by atoms with Crippen LogP contribution in [0.4, 0.5) is 11.5 Å². The van der Waals surface area contributed by atoms with E-state index in [1.807, 2.05) is 18.3 Å². The molecule has 2 N–H and O–H groups in total. The van der Waals surface area contributed by atoms with Gasteiger partial charge in [-0.15, -0.1) is 0 Å². The van der Waals surface area contributed by atoms with E-state index in [0.717, 1.165) is 38.0 Å². The maximum atomic E-state index is 11.3. The fraction of sp³-hybridized carbons (Fsp3) is 0.600. The monoisotopic (exact) mass is 261 g/mol. The van der Waals surface area contributed by atoms with Crippen LogP contribution >= 0.6 is 0 Å². The highest BCUT2D eigenvalue weighted by molar-refractivity contribution is 5.75. The Kier molecular flexibility index (Phi) is 4.40. The zero-order valence-corrected chi connectivity index (χ0v) is 11.8. The molecule has 1 aliphatic heterocycles. The van der Waals surface area contributed by atoms with Gasteiger partial charge < -0.3 is 15.4 Å². The third-order valence-electron chi connectivity index (χ3n) is 4.11. The Morgan fingerprint density at radius 2 is 2.16 bits per heavy atom. The first-order chi connectivity index (χ1) is 9.06. The normalized spacial score (nSPS) is 24.0. The first kappa shape index (κ1) is 13.8. The molecule has 4 nitrogen and oxygen atoms in total. The summed E-state index contributed by atoms with van der Waals surface area (Å²) in [5.41, 5.74) is 6.75. The summed E-state index contributed by atoms with van der Waals surface area (Å²) in [6.45, 7) is 5.98. The summed E-state index contributed by atoms with van der Waals surface area (Å²) in [7, 11) is 0. The molecule has 1 aliphatic rings. The van der Waals surface area contributed by atoms with Crippen molar-refractivity contribution >= 4 is 17.3 Å². The number of carbonyl (C=O) groups excluding carboxylic acids is 1. The highest BCUT2D eigenvalue weighted by atomic mass is 16.1. The zero-order valence-electron chi connectivity index (χ0n) is 11.8. The van der Waals surface area contributed by atoms with Gasteiger partial charge in [0.1, 0.15) is 11.6 Å². The van der Waals surface area contributed by atoms with E-state index in [2.05, 4.69) is 16.8 Å². The molecular formula is C15H23N3O. The van der Waals surface area contributed by atoms with E-state index in [-0.39, 0.29) is 0 Å². The first-order valence-corrected chi connectivity index (χ1v) is 7.02. The van der Waals surface area contributed by atoms with E-state index < -0.39 is 0 Å². The Hall–Kier alpha value is -1.58. The molecule has 2 rings (SSSR count). The van der Waals surface area contributed by atoms with Gasteiger partial charge in [0.25, 0.3) is 0 Å². The Morgan fingerprint density at radius 3 is 2.79 bits per heavy atom. The number of hydrogen-bond acceptors (Lipinski definition) is 4. The molecule has 0 radical (unpaired) electrons. The van der Waals surface area contributed by atoms with Gasteiger partial charge in [-0.1, -0.05) is 6.92 Å². The third kappa shape index (κ3) is 3.69. The van der Waals surface area contributed by atoms with Crippen LogP contribution in [0.2, 0.25) is 0 Å². The SMILES string of the molecule is CC(=O)CC1CCN(c2ccc(N)nc2)CCC1C. The number of hydrogen-bond donors (Lipinski definition) is 1. The second-order valence-corrected chi connectivity index (χ2v) is 5.65. The van der Waals surface area contributed by atoms with E-state index in [4.69, 9.17) is 5.73 Å². The van der Waals surface area contributed by atoms with Crippen LogP contribution in [0, 0.1) is 11.8 Å². The molecule has 104 valence electrons. The standard InChI is InChI=1S/C15H23N3O/c1-11-5-7-18(8-6-13(11)9-12(2)19)14-3-4-15(16)17-10-14/h3-4,10-11,13H,5-9H2,1-2H3,(H2,16,17). The summed E-state index contributed by atoms with van der Waals surface area (Å²) in [6.07, 6.45) is 4.76. The first-order valence-electron chi connectivity index (χ1n) is 7.02. The summed E-state index contributed by atoms with van der Waals surface area (Å²) in [5.74, 6) is 1.99. The van der Waals surface area contributed by atoms with Crippen molar-refractivity contribution < 1.29 is 4.79 Å². The van der Waals surface area contributed by atoms with Gasteiger partial charge in [-0.3, -0.25) is 0 Å². The molecule has 2 unspecified atom stereocenters. The van der Waals surface area contributed by atoms with Crippen LogP contribution in [0.15, 0.2) is 18.3 Å². The fourth-order valence-corrected chi connectivity index (χ4v) is 2.83. The van der Waals surface area contributed by atoms with Crippen molar-refractivity contribution in [1.29, 1.82) is 0 Å². The largest absolute Gasteiger partial charge is 0.384 e. The maximum absolute atomic E-state index is 11.3. The van der Waals surface area contributed by atoms with E-state index in [9.17, 15) is 4.79 Å². The number of rotatable bonds is 3. The number of Topliss-reactive ketones (excluding diaryl/α,β-unsaturated/α-hetero) is 1. The van der Waals surface area contributed by atoms with Crippen molar-refractivity contribution in [2.75, 3.05) is 23.7 Å². The molecule has 0 aromatic carbocycles. The van der Waals surface area contributed by atoms with Crippen molar-refractivity contribution in [1.82, 2.24) is 4.98 Å². The molecule has 1 aromatic rings. The molecule has 0 spiro atoms. The van der Waals surface area contributed by atoms with Gasteiger partial charge in [-0.2, -0.15) is 0 Å². The van der Waals surface area contributed by atoms with Crippen LogP contribution in [0.5, 0.6) is 0 Å². The minimum Gasteiger partial charge on any atom is -0.384 e. The number of pyridine rings is 1. The van der Waals surface area contributed by atoms with Gasteiger partial charge in [0.15, 0.2) is 0 Å². The van der Waals surface area contributed by atoms with Crippen molar-refractivity contribution in [2.24, 2.45) is 11.8 Å². The second-order valence-electron chi connectivity index (χ2n) is 5.65. The molecule has 4 heteroatoms. The van der Waals surface area contributed by atoms with E-state index in [0.29, 0.717) is 23.4 Å². The zero-order chi connectivity index (χ0) is 13.8. The van der Waals surface area contributed by atoms with Crippen molar-refractivity contribution in [3.8, 4) is 0 Å². The van der Waals surface area contributed by atoms with Crippen molar-refractivity contribution in [3.63, 3.8) is 0 Å². The number of nitrogens with zero attached hydrogens (tertiary/aromatic N) is 2. The Morgan fingerprint density at radius 1 is 1.42 bits per heavy atom. The minimum absolute atomic E-state index is 0.305. The predicted molar refractivity (Wildman–Crippen MR) is 78.0 cm³/mol. The molecule has 1 fully saturated rings. The summed E-state index contributed by atoms with van der Waals surface area (Å²) in [5, 5.41) is 0. The number of ketones is 1. The second kappa shape index (κ2) is 6.04. The van der Waals surface area contributed by atoms with Crippen LogP contribution in [0.25, 0.3) is 0 Å². The maximum Gasteiger partial charge on any atom is 0.130 e. The number of nitrogens with two attached hydrogens (primary N) is 1. The highest BCUT2D eigenvalue weighted by Gasteiger charge is 2.24. The molecular weight excluding hydrogens is 238 g/mol. The van der Waals surface area contributed by atoms with Gasteiger partial charge in [-0.05, 0) is 43.7 Å². The lowest BCUT2D eigenvalue weighted by Crippen LogP contribution is -2.24. The van der Waals surface area contributed by atoms with E-state index in [1.54, 1.807) is 6.92 Å². The van der Waals surface area contributed by atoms with Gasteiger partial charge in [-0.25, -0.2) is 4.98 Å². The third-order valence-corrected chi connectivity index (χ3v) is 4.11. The van der Waals surface area contributed by atoms with Crippen LogP contribution in [0.1, 0.15) is 33.1 Å². The van der Waals surface area contributed by atoms with Crippen LogP contribution in [0.3, 0.4) is 0 Å². The molecule has 0 amide bonds. The fourth-order valence-electron chi connectivity index (χ4n) is 2.83. The topological polar surface area (TPSA) is 59.2 Å². The molecule has 19 heavy (non-hydrogen) atoms. The summed E-state index contributed by atoms with van der Waals surface area (Å²) in [6, 6.07) is 3.87. The van der Waals surface area contributed by atoms with Crippen LogP contribution in [-0.4, -0.2) is 23.9 Å². The molecule has 2 atom stereocenters. The summed E-state index contributed by atoms with van der Waals surface area (Å²) < 4.78 is 0. The molecule has 2 heterocycles. The number of aromatic nitrogens is 1. The Balaban J connectivity index is 2.03. The van der Waals surface area contributed by atoms with E-state index >= 15 is 0 Å². The smallest absolute Gasteiger partial charge is 0.130 e. The number of carbonyl (C=O) groups is 1. The van der Waals surface area contributed by atoms with E-state index in [1.165, 1.54) is 0 Å². The summed E-state index contributed by atoms with van der Waals surface area (Å²) >= 11 is 0. The van der Waals surface area contributed by atoms with Gasteiger partial charge in [0.2, 0.25) is 0 Å². The summed E-state index contributed by atoms with van der Waals surface area (Å²) in [4.78, 5) is 17.8. The van der Waals surface area contributed by atoms with Gasteiger partial charge in [0.05, 0.1) is 11.9 Å². The lowest BCUT2D eigenvalue weighted by atomic mass is 9.86. The van der Waals surface area contributed by atoms with Crippen molar-refractivity contribution in [2.45, 2.75) is 33.1 Å². The highest BCUT2D eigenvalue weighted by Crippen LogP contribution is 2.29. The Labute approximate surface area is 115 Å². The average molecular weight is 261 g/mol. The molecule has 1 saturated heterocycles. The molecule has 0 saturated carbocycles. The predicted octanol–water partition coefficient (Wildman–Crippen LogP) is 2.50.